The van der Waals surface area contributed by atoms with Crippen LogP contribution in [-0.2, 0) is 4.79 Å². The van der Waals surface area contributed by atoms with Gasteiger partial charge in [0.25, 0.3) is 11.6 Å². The van der Waals surface area contributed by atoms with Gasteiger partial charge in [0.15, 0.2) is 0 Å². The highest BCUT2D eigenvalue weighted by atomic mass is 35.5. The summed E-state index contributed by atoms with van der Waals surface area (Å²) < 4.78 is 0. The summed E-state index contributed by atoms with van der Waals surface area (Å²) in [6.45, 7) is 7.46. The van der Waals surface area contributed by atoms with Crippen molar-refractivity contribution in [3.63, 3.8) is 0 Å². The van der Waals surface area contributed by atoms with Crippen LogP contribution < -0.4 is 5.73 Å². The standard InChI is InChI=1S/C17H24N4O4.ClH/c1-17(2,3)14(18)16(23)20-10-8-19(9-11-20)15(22)12-4-6-13(7-5-12)21(24)25;/h4-7,14H,8-11,18H2,1-3H3;1H/t14-;/m1./s1. The lowest BCUT2D eigenvalue weighted by molar-refractivity contribution is -0.384. The van der Waals surface area contributed by atoms with Crippen LogP contribution in [0.5, 0.6) is 0 Å². The van der Waals surface area contributed by atoms with Crippen molar-refractivity contribution in [2.24, 2.45) is 11.1 Å². The predicted molar refractivity (Wildman–Crippen MR) is 100 cm³/mol. The van der Waals surface area contributed by atoms with Gasteiger partial charge in [0.2, 0.25) is 5.91 Å². The van der Waals surface area contributed by atoms with E-state index >= 15 is 0 Å². The van der Waals surface area contributed by atoms with Gasteiger partial charge in [-0.1, -0.05) is 20.8 Å². The molecule has 144 valence electrons. The van der Waals surface area contributed by atoms with E-state index in [-0.39, 0.29) is 35.3 Å². The first-order chi connectivity index (χ1) is 11.6. The summed E-state index contributed by atoms with van der Waals surface area (Å²) in [5.74, 6) is -0.294. The van der Waals surface area contributed by atoms with Gasteiger partial charge in [-0.3, -0.25) is 19.7 Å². The topological polar surface area (TPSA) is 110 Å². The number of carbonyl (C=O) groups is 2. The normalized spacial score (nSPS) is 15.8. The Hall–Kier alpha value is -2.19. The van der Waals surface area contributed by atoms with Gasteiger partial charge in [0.1, 0.15) is 0 Å². The number of amides is 2. The fraction of sp³-hybridized carbons (Fsp3) is 0.529. The average molecular weight is 385 g/mol. The van der Waals surface area contributed by atoms with E-state index in [0.29, 0.717) is 31.7 Å². The second-order valence-corrected chi connectivity index (χ2v) is 7.27. The summed E-state index contributed by atoms with van der Waals surface area (Å²) in [7, 11) is 0. The number of piperazine rings is 1. The van der Waals surface area contributed by atoms with E-state index in [1.807, 2.05) is 20.8 Å². The number of nitro groups is 1. The van der Waals surface area contributed by atoms with Crippen molar-refractivity contribution in [2.45, 2.75) is 26.8 Å². The van der Waals surface area contributed by atoms with E-state index in [0.717, 1.165) is 0 Å². The van der Waals surface area contributed by atoms with Gasteiger partial charge < -0.3 is 15.5 Å². The summed E-state index contributed by atoms with van der Waals surface area (Å²) in [6.07, 6.45) is 0. The molecule has 0 bridgehead atoms. The largest absolute Gasteiger partial charge is 0.338 e. The number of rotatable bonds is 3. The van der Waals surface area contributed by atoms with Crippen LogP contribution in [0.4, 0.5) is 5.69 Å². The summed E-state index contributed by atoms with van der Waals surface area (Å²) >= 11 is 0. The number of hydrogen-bond acceptors (Lipinski definition) is 5. The minimum absolute atomic E-state index is 0. The molecule has 0 aliphatic carbocycles. The lowest BCUT2D eigenvalue weighted by Crippen LogP contribution is -2.56. The lowest BCUT2D eigenvalue weighted by Gasteiger charge is -2.38. The minimum Gasteiger partial charge on any atom is -0.338 e. The van der Waals surface area contributed by atoms with Crippen molar-refractivity contribution < 1.29 is 14.5 Å². The van der Waals surface area contributed by atoms with Gasteiger partial charge in [0.05, 0.1) is 11.0 Å². The molecule has 0 radical (unpaired) electrons. The highest BCUT2D eigenvalue weighted by Gasteiger charge is 2.33. The number of nitrogens with two attached hydrogens (primary N) is 1. The third kappa shape index (κ3) is 4.92. The second-order valence-electron chi connectivity index (χ2n) is 7.27. The Labute approximate surface area is 158 Å². The molecule has 1 atom stereocenters. The number of carbonyl (C=O) groups excluding carboxylic acids is 2. The molecule has 1 saturated heterocycles. The molecule has 0 saturated carbocycles. The van der Waals surface area contributed by atoms with Crippen molar-refractivity contribution in [3.8, 4) is 0 Å². The van der Waals surface area contributed by atoms with Crippen LogP contribution in [0.25, 0.3) is 0 Å². The molecule has 8 nitrogen and oxygen atoms in total. The number of halogens is 1. The van der Waals surface area contributed by atoms with Gasteiger partial charge in [-0.2, -0.15) is 0 Å². The Balaban J connectivity index is 0.00000338. The summed E-state index contributed by atoms with van der Waals surface area (Å²) in [5.41, 5.74) is 6.05. The Bertz CT molecular complexity index is 664. The van der Waals surface area contributed by atoms with E-state index < -0.39 is 11.0 Å². The van der Waals surface area contributed by atoms with E-state index in [9.17, 15) is 19.7 Å². The van der Waals surface area contributed by atoms with Gasteiger partial charge in [-0.05, 0) is 17.5 Å². The van der Waals surface area contributed by atoms with Crippen LogP contribution in [0, 0.1) is 15.5 Å². The predicted octanol–water partition coefficient (Wildman–Crippen LogP) is 1.67. The monoisotopic (exact) mass is 384 g/mol. The van der Waals surface area contributed by atoms with Crippen molar-refractivity contribution in [1.29, 1.82) is 0 Å². The van der Waals surface area contributed by atoms with E-state index in [2.05, 4.69) is 0 Å². The number of nitro benzene ring substituents is 1. The molecule has 1 aliphatic rings. The molecule has 2 rings (SSSR count). The third-order valence-electron chi connectivity index (χ3n) is 4.40. The van der Waals surface area contributed by atoms with Crippen LogP contribution >= 0.6 is 12.4 Å². The molecule has 1 fully saturated rings. The van der Waals surface area contributed by atoms with Gasteiger partial charge in [0, 0.05) is 43.9 Å². The smallest absolute Gasteiger partial charge is 0.269 e. The molecule has 0 spiro atoms. The number of hydrogen-bond donors (Lipinski definition) is 1. The quantitative estimate of drug-likeness (QED) is 0.629. The highest BCUT2D eigenvalue weighted by molar-refractivity contribution is 5.94. The molecule has 0 unspecified atom stereocenters. The average Bonchev–Trinajstić information content (AvgIpc) is 2.59. The van der Waals surface area contributed by atoms with Crippen LogP contribution in [0.15, 0.2) is 24.3 Å². The molecule has 2 amide bonds. The molecule has 1 aromatic rings. The summed E-state index contributed by atoms with van der Waals surface area (Å²) in [6, 6.07) is 4.95. The zero-order valence-electron chi connectivity index (χ0n) is 15.2. The number of non-ortho nitro benzene ring substituents is 1. The molecule has 1 heterocycles. The first-order valence-electron chi connectivity index (χ1n) is 8.19. The van der Waals surface area contributed by atoms with Gasteiger partial charge in [-0.25, -0.2) is 0 Å². The fourth-order valence-corrected chi connectivity index (χ4v) is 2.61. The van der Waals surface area contributed by atoms with Crippen LogP contribution in [0.2, 0.25) is 0 Å². The maximum Gasteiger partial charge on any atom is 0.269 e. The molecule has 1 aromatic carbocycles. The maximum atomic E-state index is 12.5. The third-order valence-corrected chi connectivity index (χ3v) is 4.40. The van der Waals surface area contributed by atoms with Crippen molar-refractivity contribution in [1.82, 2.24) is 9.80 Å². The number of benzene rings is 1. The lowest BCUT2D eigenvalue weighted by atomic mass is 9.86. The molecular weight excluding hydrogens is 360 g/mol. The SMILES string of the molecule is CC(C)(C)[C@H](N)C(=O)N1CCN(C(=O)c2ccc([N+](=O)[O-])cc2)CC1.Cl. The Morgan fingerprint density at radius 2 is 1.54 bits per heavy atom. The molecule has 2 N–H and O–H groups in total. The number of nitrogens with zero attached hydrogens (tertiary/aromatic N) is 3. The second kappa shape index (κ2) is 8.46. The molecular formula is C17H25ClN4O4. The zero-order chi connectivity index (χ0) is 18.8. The van der Waals surface area contributed by atoms with Crippen molar-refractivity contribution in [3.05, 3.63) is 39.9 Å². The van der Waals surface area contributed by atoms with Gasteiger partial charge in [-0.15, -0.1) is 12.4 Å². The van der Waals surface area contributed by atoms with Crippen LogP contribution in [0.3, 0.4) is 0 Å². The first kappa shape index (κ1) is 21.9. The summed E-state index contributed by atoms with van der Waals surface area (Å²) in [5, 5.41) is 10.7. The fourth-order valence-electron chi connectivity index (χ4n) is 2.61. The first-order valence-corrected chi connectivity index (χ1v) is 8.19. The Morgan fingerprint density at radius 1 is 1.08 bits per heavy atom. The van der Waals surface area contributed by atoms with Crippen LogP contribution in [-0.4, -0.2) is 58.8 Å². The zero-order valence-corrected chi connectivity index (χ0v) is 16.0. The molecule has 9 heteroatoms. The highest BCUT2D eigenvalue weighted by Crippen LogP contribution is 2.20. The molecule has 1 aliphatic heterocycles. The maximum absolute atomic E-state index is 12.5. The summed E-state index contributed by atoms with van der Waals surface area (Å²) in [4.78, 5) is 38.4. The Kier molecular flexibility index (Phi) is 7.11. The van der Waals surface area contributed by atoms with E-state index in [1.54, 1.807) is 9.80 Å². The van der Waals surface area contributed by atoms with E-state index in [4.69, 9.17) is 5.73 Å². The molecule has 0 aromatic heterocycles. The Morgan fingerprint density at radius 3 is 1.96 bits per heavy atom. The van der Waals surface area contributed by atoms with Crippen molar-refractivity contribution >= 4 is 29.9 Å². The molecule has 26 heavy (non-hydrogen) atoms. The van der Waals surface area contributed by atoms with Crippen molar-refractivity contribution in [2.75, 3.05) is 26.2 Å². The van der Waals surface area contributed by atoms with Crippen LogP contribution in [0.1, 0.15) is 31.1 Å². The van der Waals surface area contributed by atoms with Gasteiger partial charge >= 0.3 is 0 Å². The van der Waals surface area contributed by atoms with E-state index in [1.165, 1.54) is 24.3 Å². The minimum atomic E-state index is -0.579.